The van der Waals surface area contributed by atoms with Gasteiger partial charge < -0.3 is 10.4 Å². The molecule has 0 atom stereocenters. The van der Waals surface area contributed by atoms with E-state index in [4.69, 9.17) is 0 Å². The third-order valence-corrected chi connectivity index (χ3v) is 3.27. The van der Waals surface area contributed by atoms with Crippen LogP contribution in [0.15, 0.2) is 24.3 Å². The highest BCUT2D eigenvalue weighted by Gasteiger charge is 2.13. The third kappa shape index (κ3) is 2.96. The number of aryl methyl sites for hydroxylation is 1. The Morgan fingerprint density at radius 1 is 1.20 bits per heavy atom. The van der Waals surface area contributed by atoms with Crippen LogP contribution in [-0.4, -0.2) is 18.2 Å². The highest BCUT2D eigenvalue weighted by atomic mass is 16.3. The standard InChI is InChI=1S/C13H19NO/c15-13-4-2-1-3-12(13)6-5-11-7-9-14-10-8-11/h1-4,11,14-15H,5-10H2. The Hall–Kier alpha value is -1.02. The molecule has 1 aromatic rings. The Bertz CT molecular complexity index is 305. The Balaban J connectivity index is 1.84. The molecular weight excluding hydrogens is 186 g/mol. The van der Waals surface area contributed by atoms with Crippen molar-refractivity contribution < 1.29 is 5.11 Å². The lowest BCUT2D eigenvalue weighted by molar-refractivity contribution is 0.352. The first-order valence-corrected chi connectivity index (χ1v) is 5.84. The summed E-state index contributed by atoms with van der Waals surface area (Å²) in [5.74, 6) is 1.29. The molecule has 0 amide bonds. The van der Waals surface area contributed by atoms with E-state index in [1.54, 1.807) is 6.07 Å². The maximum atomic E-state index is 9.63. The molecule has 2 N–H and O–H groups in total. The average molecular weight is 205 g/mol. The van der Waals surface area contributed by atoms with Gasteiger partial charge in [-0.25, -0.2) is 0 Å². The van der Waals surface area contributed by atoms with Crippen LogP contribution in [0.1, 0.15) is 24.8 Å². The van der Waals surface area contributed by atoms with E-state index >= 15 is 0 Å². The zero-order chi connectivity index (χ0) is 10.5. The Morgan fingerprint density at radius 3 is 2.67 bits per heavy atom. The summed E-state index contributed by atoms with van der Waals surface area (Å²) < 4.78 is 0. The average Bonchev–Trinajstić information content (AvgIpc) is 2.29. The molecule has 1 aliphatic rings. The van der Waals surface area contributed by atoms with Crippen LogP contribution in [0.25, 0.3) is 0 Å². The zero-order valence-electron chi connectivity index (χ0n) is 9.08. The van der Waals surface area contributed by atoms with Gasteiger partial charge in [0, 0.05) is 0 Å². The number of phenolic OH excluding ortho intramolecular Hbond substituents is 1. The van der Waals surface area contributed by atoms with E-state index in [1.165, 1.54) is 19.3 Å². The number of para-hydroxylation sites is 1. The minimum atomic E-state index is 0.450. The number of nitrogens with one attached hydrogen (secondary N) is 1. The molecule has 2 nitrogen and oxygen atoms in total. The predicted octanol–water partition coefficient (Wildman–Crippen LogP) is 2.32. The molecule has 0 bridgehead atoms. The van der Waals surface area contributed by atoms with E-state index in [-0.39, 0.29) is 0 Å². The Morgan fingerprint density at radius 2 is 1.93 bits per heavy atom. The quantitative estimate of drug-likeness (QED) is 0.793. The fourth-order valence-corrected chi connectivity index (χ4v) is 2.25. The van der Waals surface area contributed by atoms with Crippen LogP contribution in [-0.2, 0) is 6.42 Å². The second-order valence-electron chi connectivity index (χ2n) is 4.36. The van der Waals surface area contributed by atoms with Crippen molar-refractivity contribution in [3.05, 3.63) is 29.8 Å². The number of aromatic hydroxyl groups is 1. The molecule has 1 fully saturated rings. The van der Waals surface area contributed by atoms with E-state index in [2.05, 4.69) is 5.32 Å². The first kappa shape index (κ1) is 10.5. The SMILES string of the molecule is Oc1ccccc1CCC1CCNCC1. The molecule has 82 valence electrons. The van der Waals surface area contributed by atoms with Crippen LogP contribution < -0.4 is 5.32 Å². The number of phenols is 1. The highest BCUT2D eigenvalue weighted by Crippen LogP contribution is 2.22. The van der Waals surface area contributed by atoms with Crippen LogP contribution in [0.5, 0.6) is 5.75 Å². The minimum absolute atomic E-state index is 0.450. The number of benzene rings is 1. The fraction of sp³-hybridized carbons (Fsp3) is 0.538. The van der Waals surface area contributed by atoms with E-state index in [0.717, 1.165) is 31.0 Å². The second kappa shape index (κ2) is 5.17. The van der Waals surface area contributed by atoms with Crippen molar-refractivity contribution in [1.29, 1.82) is 0 Å². The van der Waals surface area contributed by atoms with Gasteiger partial charge >= 0.3 is 0 Å². The second-order valence-corrected chi connectivity index (χ2v) is 4.36. The van der Waals surface area contributed by atoms with Crippen LogP contribution in [0.2, 0.25) is 0 Å². The van der Waals surface area contributed by atoms with Gasteiger partial charge in [0.1, 0.15) is 5.75 Å². The number of hydrogen-bond acceptors (Lipinski definition) is 2. The van der Waals surface area contributed by atoms with Crippen LogP contribution >= 0.6 is 0 Å². The van der Waals surface area contributed by atoms with Crippen molar-refractivity contribution in [2.45, 2.75) is 25.7 Å². The first-order valence-electron chi connectivity index (χ1n) is 5.84. The summed E-state index contributed by atoms with van der Waals surface area (Å²) in [6.07, 6.45) is 4.79. The summed E-state index contributed by atoms with van der Waals surface area (Å²) in [4.78, 5) is 0. The Labute approximate surface area is 91.3 Å². The number of piperidine rings is 1. The summed E-state index contributed by atoms with van der Waals surface area (Å²) in [6, 6.07) is 7.68. The van der Waals surface area contributed by atoms with Crippen molar-refractivity contribution >= 4 is 0 Å². The smallest absolute Gasteiger partial charge is 0.118 e. The van der Waals surface area contributed by atoms with Gasteiger partial charge in [-0.05, 0) is 56.3 Å². The van der Waals surface area contributed by atoms with Gasteiger partial charge in [-0.15, -0.1) is 0 Å². The summed E-state index contributed by atoms with van der Waals surface area (Å²) in [5.41, 5.74) is 1.09. The maximum absolute atomic E-state index is 9.63. The number of hydrogen-bond donors (Lipinski definition) is 2. The van der Waals surface area contributed by atoms with Gasteiger partial charge in [0.25, 0.3) is 0 Å². The number of rotatable bonds is 3. The molecule has 0 aromatic heterocycles. The summed E-state index contributed by atoms with van der Waals surface area (Å²) >= 11 is 0. The van der Waals surface area contributed by atoms with E-state index in [9.17, 15) is 5.11 Å². The van der Waals surface area contributed by atoms with Gasteiger partial charge in [-0.3, -0.25) is 0 Å². The first-order chi connectivity index (χ1) is 7.36. The molecule has 0 unspecified atom stereocenters. The molecule has 2 rings (SSSR count). The molecule has 15 heavy (non-hydrogen) atoms. The van der Waals surface area contributed by atoms with Crippen LogP contribution in [0.3, 0.4) is 0 Å². The van der Waals surface area contributed by atoms with E-state index < -0.39 is 0 Å². The van der Waals surface area contributed by atoms with Gasteiger partial charge in [0.05, 0.1) is 0 Å². The van der Waals surface area contributed by atoms with Gasteiger partial charge in [0.15, 0.2) is 0 Å². The van der Waals surface area contributed by atoms with Gasteiger partial charge in [-0.2, -0.15) is 0 Å². The highest BCUT2D eigenvalue weighted by molar-refractivity contribution is 5.31. The van der Waals surface area contributed by atoms with Crippen molar-refractivity contribution in [2.75, 3.05) is 13.1 Å². The molecule has 1 heterocycles. The normalized spacial score (nSPS) is 17.9. The third-order valence-electron chi connectivity index (χ3n) is 3.27. The molecule has 1 aliphatic heterocycles. The van der Waals surface area contributed by atoms with Gasteiger partial charge in [-0.1, -0.05) is 18.2 Å². The van der Waals surface area contributed by atoms with Gasteiger partial charge in [0.2, 0.25) is 0 Å². The lowest BCUT2D eigenvalue weighted by Gasteiger charge is -2.22. The van der Waals surface area contributed by atoms with Crippen molar-refractivity contribution in [2.24, 2.45) is 5.92 Å². The molecule has 1 aromatic carbocycles. The Kier molecular flexibility index (Phi) is 3.62. The summed E-state index contributed by atoms with van der Waals surface area (Å²) in [5, 5.41) is 13.0. The minimum Gasteiger partial charge on any atom is -0.508 e. The molecule has 0 aliphatic carbocycles. The summed E-state index contributed by atoms with van der Waals surface area (Å²) in [7, 11) is 0. The van der Waals surface area contributed by atoms with E-state index in [1.807, 2.05) is 18.2 Å². The zero-order valence-corrected chi connectivity index (χ0v) is 9.08. The van der Waals surface area contributed by atoms with Crippen molar-refractivity contribution in [3.8, 4) is 5.75 Å². The topological polar surface area (TPSA) is 32.3 Å². The molecular formula is C13H19NO. The molecule has 2 heteroatoms. The lowest BCUT2D eigenvalue weighted by Crippen LogP contribution is -2.27. The molecule has 1 saturated heterocycles. The van der Waals surface area contributed by atoms with Crippen LogP contribution in [0.4, 0.5) is 0 Å². The largest absolute Gasteiger partial charge is 0.508 e. The molecule has 0 saturated carbocycles. The van der Waals surface area contributed by atoms with Crippen molar-refractivity contribution in [3.63, 3.8) is 0 Å². The fourth-order valence-electron chi connectivity index (χ4n) is 2.25. The summed E-state index contributed by atoms with van der Waals surface area (Å²) in [6.45, 7) is 2.32. The predicted molar refractivity (Wildman–Crippen MR) is 62.0 cm³/mol. The maximum Gasteiger partial charge on any atom is 0.118 e. The molecule has 0 spiro atoms. The molecule has 0 radical (unpaired) electrons. The van der Waals surface area contributed by atoms with E-state index in [0.29, 0.717) is 5.75 Å². The van der Waals surface area contributed by atoms with Crippen molar-refractivity contribution in [1.82, 2.24) is 5.32 Å². The monoisotopic (exact) mass is 205 g/mol. The van der Waals surface area contributed by atoms with Crippen LogP contribution in [0, 0.1) is 5.92 Å². The lowest BCUT2D eigenvalue weighted by atomic mass is 9.91.